The van der Waals surface area contributed by atoms with Crippen LogP contribution in [0.2, 0.25) is 0 Å². The third-order valence-electron chi connectivity index (χ3n) is 3.03. The van der Waals surface area contributed by atoms with E-state index in [-0.39, 0.29) is 11.9 Å². The zero-order valence-electron chi connectivity index (χ0n) is 10.7. The Morgan fingerprint density at radius 1 is 1.59 bits per heavy atom. The van der Waals surface area contributed by atoms with Gasteiger partial charge in [-0.15, -0.1) is 0 Å². The first-order chi connectivity index (χ1) is 8.26. The lowest BCUT2D eigenvalue weighted by Gasteiger charge is -2.15. The highest BCUT2D eigenvalue weighted by molar-refractivity contribution is 5.80. The van der Waals surface area contributed by atoms with Crippen molar-refractivity contribution in [3.63, 3.8) is 0 Å². The SMILES string of the molecule is CCC(CC(N)=NO)NCCCOCC1CC1. The van der Waals surface area contributed by atoms with Gasteiger partial charge in [-0.2, -0.15) is 0 Å². The van der Waals surface area contributed by atoms with Crippen LogP contribution in [0.3, 0.4) is 0 Å². The minimum Gasteiger partial charge on any atom is -0.409 e. The van der Waals surface area contributed by atoms with Gasteiger partial charge in [0.1, 0.15) is 5.84 Å². The molecule has 1 unspecified atom stereocenters. The maximum atomic E-state index is 8.49. The third-order valence-corrected chi connectivity index (χ3v) is 3.03. The average molecular weight is 243 g/mol. The number of amidine groups is 1. The molecule has 0 bridgehead atoms. The van der Waals surface area contributed by atoms with Crippen LogP contribution in [0.15, 0.2) is 5.16 Å². The predicted molar refractivity (Wildman–Crippen MR) is 68.3 cm³/mol. The predicted octanol–water partition coefficient (Wildman–Crippen LogP) is 1.31. The summed E-state index contributed by atoms with van der Waals surface area (Å²) >= 11 is 0. The molecule has 0 aromatic carbocycles. The summed E-state index contributed by atoms with van der Waals surface area (Å²) in [6.07, 6.45) is 5.26. The molecule has 0 amide bonds. The lowest BCUT2D eigenvalue weighted by Crippen LogP contribution is -2.34. The maximum absolute atomic E-state index is 8.49. The van der Waals surface area contributed by atoms with Crippen molar-refractivity contribution in [2.45, 2.75) is 45.1 Å². The van der Waals surface area contributed by atoms with E-state index in [1.165, 1.54) is 12.8 Å². The topological polar surface area (TPSA) is 79.9 Å². The molecule has 0 saturated heterocycles. The second-order valence-electron chi connectivity index (χ2n) is 4.73. The first-order valence-corrected chi connectivity index (χ1v) is 6.53. The molecule has 1 aliphatic rings. The Kier molecular flexibility index (Phi) is 6.96. The molecule has 0 radical (unpaired) electrons. The zero-order chi connectivity index (χ0) is 12.5. The van der Waals surface area contributed by atoms with E-state index in [9.17, 15) is 0 Å². The van der Waals surface area contributed by atoms with Crippen LogP contribution >= 0.6 is 0 Å². The van der Waals surface area contributed by atoms with E-state index in [1.807, 2.05) is 0 Å². The van der Waals surface area contributed by atoms with E-state index in [0.717, 1.165) is 38.5 Å². The van der Waals surface area contributed by atoms with E-state index >= 15 is 0 Å². The minimum absolute atomic E-state index is 0.286. The van der Waals surface area contributed by atoms with Crippen molar-refractivity contribution in [3.05, 3.63) is 0 Å². The van der Waals surface area contributed by atoms with Crippen molar-refractivity contribution >= 4 is 5.84 Å². The fourth-order valence-electron chi connectivity index (χ4n) is 1.67. The number of oxime groups is 1. The Morgan fingerprint density at radius 2 is 2.35 bits per heavy atom. The summed E-state index contributed by atoms with van der Waals surface area (Å²) < 4.78 is 5.55. The van der Waals surface area contributed by atoms with Gasteiger partial charge in [0.15, 0.2) is 0 Å². The van der Waals surface area contributed by atoms with Crippen molar-refractivity contribution in [1.82, 2.24) is 5.32 Å². The Balaban J connectivity index is 1.94. The molecule has 5 heteroatoms. The summed E-state index contributed by atoms with van der Waals surface area (Å²) in [5.41, 5.74) is 5.48. The molecule has 17 heavy (non-hydrogen) atoms. The molecular weight excluding hydrogens is 218 g/mol. The fourth-order valence-corrected chi connectivity index (χ4v) is 1.67. The number of nitrogens with zero attached hydrogens (tertiary/aromatic N) is 1. The lowest BCUT2D eigenvalue weighted by molar-refractivity contribution is 0.121. The summed E-state index contributed by atoms with van der Waals surface area (Å²) in [7, 11) is 0. The van der Waals surface area contributed by atoms with Gasteiger partial charge < -0.3 is 21.0 Å². The first kappa shape index (κ1) is 14.3. The molecule has 0 aromatic heterocycles. The number of rotatable bonds is 10. The van der Waals surface area contributed by atoms with Gasteiger partial charge in [-0.25, -0.2) is 0 Å². The van der Waals surface area contributed by atoms with Crippen molar-refractivity contribution in [2.24, 2.45) is 16.8 Å². The quantitative estimate of drug-likeness (QED) is 0.178. The molecule has 0 spiro atoms. The zero-order valence-corrected chi connectivity index (χ0v) is 10.7. The van der Waals surface area contributed by atoms with Gasteiger partial charge >= 0.3 is 0 Å². The Hall–Kier alpha value is -0.810. The highest BCUT2D eigenvalue weighted by Gasteiger charge is 2.20. The van der Waals surface area contributed by atoms with Crippen LogP contribution in [0.4, 0.5) is 0 Å². The van der Waals surface area contributed by atoms with E-state index < -0.39 is 0 Å². The molecule has 1 atom stereocenters. The standard InChI is InChI=1S/C12H25N3O2/c1-2-11(8-12(13)15-16)14-6-3-7-17-9-10-4-5-10/h10-11,14,16H,2-9H2,1H3,(H2,13,15). The average Bonchev–Trinajstić information content (AvgIpc) is 3.15. The number of hydrogen-bond acceptors (Lipinski definition) is 4. The molecule has 5 nitrogen and oxygen atoms in total. The molecule has 1 aliphatic carbocycles. The Morgan fingerprint density at radius 3 is 2.94 bits per heavy atom. The van der Waals surface area contributed by atoms with Crippen LogP contribution in [-0.2, 0) is 4.74 Å². The van der Waals surface area contributed by atoms with E-state index in [4.69, 9.17) is 15.7 Å². The minimum atomic E-state index is 0.286. The smallest absolute Gasteiger partial charge is 0.140 e. The van der Waals surface area contributed by atoms with Crippen molar-refractivity contribution in [3.8, 4) is 0 Å². The molecule has 4 N–H and O–H groups in total. The fraction of sp³-hybridized carbons (Fsp3) is 0.917. The van der Waals surface area contributed by atoms with Crippen LogP contribution in [0.5, 0.6) is 0 Å². The van der Waals surface area contributed by atoms with Gasteiger partial charge in [0.25, 0.3) is 0 Å². The summed E-state index contributed by atoms with van der Waals surface area (Å²) in [4.78, 5) is 0. The third kappa shape index (κ3) is 7.18. The molecule has 1 saturated carbocycles. The lowest BCUT2D eigenvalue weighted by atomic mass is 10.1. The maximum Gasteiger partial charge on any atom is 0.140 e. The van der Waals surface area contributed by atoms with Gasteiger partial charge in [0.2, 0.25) is 0 Å². The van der Waals surface area contributed by atoms with Gasteiger partial charge in [-0.3, -0.25) is 0 Å². The van der Waals surface area contributed by atoms with Crippen molar-refractivity contribution < 1.29 is 9.94 Å². The van der Waals surface area contributed by atoms with Gasteiger partial charge in [-0.1, -0.05) is 12.1 Å². The Bertz CT molecular complexity index is 230. The van der Waals surface area contributed by atoms with Crippen LogP contribution < -0.4 is 11.1 Å². The van der Waals surface area contributed by atoms with Crippen LogP contribution in [0, 0.1) is 5.92 Å². The second-order valence-corrected chi connectivity index (χ2v) is 4.73. The highest BCUT2D eigenvalue weighted by Crippen LogP contribution is 2.28. The summed E-state index contributed by atoms with van der Waals surface area (Å²) in [5.74, 6) is 1.13. The van der Waals surface area contributed by atoms with Gasteiger partial charge in [-0.05, 0) is 38.1 Å². The van der Waals surface area contributed by atoms with Gasteiger partial charge in [0, 0.05) is 25.7 Å². The van der Waals surface area contributed by atoms with Crippen molar-refractivity contribution in [2.75, 3.05) is 19.8 Å². The van der Waals surface area contributed by atoms with Crippen LogP contribution in [-0.4, -0.2) is 36.8 Å². The van der Waals surface area contributed by atoms with Crippen molar-refractivity contribution in [1.29, 1.82) is 0 Å². The number of nitrogens with one attached hydrogen (secondary N) is 1. The summed E-state index contributed by atoms with van der Waals surface area (Å²) in [5, 5.41) is 14.9. The van der Waals surface area contributed by atoms with Gasteiger partial charge in [0.05, 0.1) is 0 Å². The first-order valence-electron chi connectivity index (χ1n) is 6.53. The van der Waals surface area contributed by atoms with Crippen LogP contribution in [0.25, 0.3) is 0 Å². The molecule has 1 fully saturated rings. The van der Waals surface area contributed by atoms with E-state index in [1.54, 1.807) is 0 Å². The molecule has 100 valence electrons. The number of hydrogen-bond donors (Lipinski definition) is 3. The number of nitrogens with two attached hydrogens (primary N) is 1. The Labute approximate surface area is 103 Å². The largest absolute Gasteiger partial charge is 0.409 e. The monoisotopic (exact) mass is 243 g/mol. The summed E-state index contributed by atoms with van der Waals surface area (Å²) in [6, 6.07) is 0.286. The molecule has 0 heterocycles. The molecule has 0 aromatic rings. The van der Waals surface area contributed by atoms with Crippen LogP contribution in [0.1, 0.15) is 39.0 Å². The molecule has 1 rings (SSSR count). The highest BCUT2D eigenvalue weighted by atomic mass is 16.5. The molecular formula is C12H25N3O2. The van der Waals surface area contributed by atoms with E-state index in [0.29, 0.717) is 6.42 Å². The second kappa shape index (κ2) is 8.31. The molecule has 0 aliphatic heterocycles. The van der Waals surface area contributed by atoms with E-state index in [2.05, 4.69) is 17.4 Å². The number of ether oxygens (including phenoxy) is 1. The summed E-state index contributed by atoms with van der Waals surface area (Å²) in [6.45, 7) is 4.76. The normalized spacial score (nSPS) is 18.3.